The number of nitrogens with two attached hydrogens (primary N) is 1. The number of benzene rings is 1. The highest BCUT2D eigenvalue weighted by atomic mass is 19.3. The minimum Gasteiger partial charge on any atom is -0.379 e. The average molecular weight is 232 g/mol. The van der Waals surface area contributed by atoms with Crippen molar-refractivity contribution in [3.8, 4) is 0 Å². The maximum Gasteiger partial charge on any atom is 0.273 e. The fourth-order valence-electron chi connectivity index (χ4n) is 1.10. The van der Waals surface area contributed by atoms with Crippen molar-refractivity contribution in [1.29, 1.82) is 0 Å². The number of anilines is 2. The van der Waals surface area contributed by atoms with Gasteiger partial charge in [-0.1, -0.05) is 0 Å². The van der Waals surface area contributed by atoms with Gasteiger partial charge in [-0.2, -0.15) is 0 Å². The molecule has 0 amide bonds. The van der Waals surface area contributed by atoms with E-state index in [1.54, 1.807) is 0 Å². The summed E-state index contributed by atoms with van der Waals surface area (Å²) < 4.78 is 23.9. The standard InChI is InChI=1S/C8H10F2N4O2/c9-8(10)4-12-5-1-6(13-11)3-7(2-5)14(15)16/h1-3,8,12-13H,4,11H2. The highest BCUT2D eigenvalue weighted by Gasteiger charge is 2.10. The summed E-state index contributed by atoms with van der Waals surface area (Å²) in [7, 11) is 0. The molecule has 0 bridgehead atoms. The van der Waals surface area contributed by atoms with Crippen molar-refractivity contribution in [3.05, 3.63) is 28.3 Å². The molecular formula is C8H10F2N4O2. The molecule has 16 heavy (non-hydrogen) atoms. The van der Waals surface area contributed by atoms with Gasteiger partial charge in [0.15, 0.2) is 0 Å². The Hall–Kier alpha value is -1.96. The number of hydrazine groups is 1. The molecule has 0 saturated carbocycles. The lowest BCUT2D eigenvalue weighted by Gasteiger charge is -2.07. The maximum absolute atomic E-state index is 11.9. The number of rotatable bonds is 5. The Labute approximate surface area is 89.6 Å². The van der Waals surface area contributed by atoms with Crippen LogP contribution < -0.4 is 16.6 Å². The van der Waals surface area contributed by atoms with Gasteiger partial charge in [-0.25, -0.2) is 8.78 Å². The predicted octanol–water partition coefficient (Wildman–Crippen LogP) is 1.56. The molecule has 4 N–H and O–H groups in total. The molecule has 88 valence electrons. The van der Waals surface area contributed by atoms with Gasteiger partial charge in [-0.15, -0.1) is 0 Å². The minimum absolute atomic E-state index is 0.211. The van der Waals surface area contributed by atoms with E-state index in [1.165, 1.54) is 12.1 Å². The number of nitrogens with one attached hydrogen (secondary N) is 2. The Morgan fingerprint density at radius 2 is 2.00 bits per heavy atom. The van der Waals surface area contributed by atoms with Crippen molar-refractivity contribution in [1.82, 2.24) is 0 Å². The molecule has 0 fully saturated rings. The van der Waals surface area contributed by atoms with E-state index in [9.17, 15) is 18.9 Å². The molecule has 0 heterocycles. The molecule has 1 aromatic rings. The summed E-state index contributed by atoms with van der Waals surface area (Å²) >= 11 is 0. The Bertz CT molecular complexity index is 386. The number of nitro benzene ring substituents is 1. The van der Waals surface area contributed by atoms with Crippen molar-refractivity contribution in [2.45, 2.75) is 6.43 Å². The van der Waals surface area contributed by atoms with Gasteiger partial charge in [0.2, 0.25) is 0 Å². The van der Waals surface area contributed by atoms with Crippen LogP contribution in [-0.2, 0) is 0 Å². The lowest BCUT2D eigenvalue weighted by atomic mass is 10.2. The van der Waals surface area contributed by atoms with E-state index >= 15 is 0 Å². The van der Waals surface area contributed by atoms with Gasteiger partial charge in [0, 0.05) is 17.8 Å². The lowest BCUT2D eigenvalue weighted by Crippen LogP contribution is -2.12. The van der Waals surface area contributed by atoms with E-state index < -0.39 is 17.9 Å². The van der Waals surface area contributed by atoms with E-state index in [2.05, 4.69) is 10.7 Å². The van der Waals surface area contributed by atoms with Crippen LogP contribution in [-0.4, -0.2) is 17.9 Å². The molecule has 0 saturated heterocycles. The van der Waals surface area contributed by atoms with E-state index in [4.69, 9.17) is 5.84 Å². The first-order valence-corrected chi connectivity index (χ1v) is 4.31. The van der Waals surface area contributed by atoms with E-state index in [0.717, 1.165) is 6.07 Å². The van der Waals surface area contributed by atoms with E-state index in [0.29, 0.717) is 0 Å². The van der Waals surface area contributed by atoms with Gasteiger partial charge in [0.05, 0.1) is 17.2 Å². The lowest BCUT2D eigenvalue weighted by molar-refractivity contribution is -0.384. The smallest absolute Gasteiger partial charge is 0.273 e. The minimum atomic E-state index is -2.53. The van der Waals surface area contributed by atoms with Gasteiger partial charge >= 0.3 is 0 Å². The predicted molar refractivity (Wildman–Crippen MR) is 55.4 cm³/mol. The van der Waals surface area contributed by atoms with Gasteiger partial charge in [0.1, 0.15) is 0 Å². The van der Waals surface area contributed by atoms with Gasteiger partial charge in [-0.3, -0.25) is 16.0 Å². The molecule has 0 radical (unpaired) electrons. The van der Waals surface area contributed by atoms with E-state index in [-0.39, 0.29) is 17.1 Å². The van der Waals surface area contributed by atoms with Crippen molar-refractivity contribution >= 4 is 17.1 Å². The second-order valence-electron chi connectivity index (χ2n) is 2.94. The Balaban J connectivity index is 2.90. The maximum atomic E-state index is 11.9. The number of alkyl halides is 2. The summed E-state index contributed by atoms with van der Waals surface area (Å²) in [4.78, 5) is 9.89. The largest absolute Gasteiger partial charge is 0.379 e. The Morgan fingerprint density at radius 3 is 2.50 bits per heavy atom. The molecular weight excluding hydrogens is 222 g/mol. The third-order valence-corrected chi connectivity index (χ3v) is 1.76. The van der Waals surface area contributed by atoms with E-state index in [1.807, 2.05) is 0 Å². The van der Waals surface area contributed by atoms with Crippen molar-refractivity contribution in [3.63, 3.8) is 0 Å². The van der Waals surface area contributed by atoms with Gasteiger partial charge < -0.3 is 10.7 Å². The zero-order chi connectivity index (χ0) is 12.1. The summed E-state index contributed by atoms with van der Waals surface area (Å²) in [6.45, 7) is -0.578. The number of non-ortho nitro benzene ring substituents is 1. The topological polar surface area (TPSA) is 93.2 Å². The van der Waals surface area contributed by atoms with Crippen LogP contribution in [0.5, 0.6) is 0 Å². The van der Waals surface area contributed by atoms with Crippen LogP contribution in [0.25, 0.3) is 0 Å². The highest BCUT2D eigenvalue weighted by Crippen LogP contribution is 2.23. The first-order valence-electron chi connectivity index (χ1n) is 4.31. The molecule has 6 nitrogen and oxygen atoms in total. The van der Waals surface area contributed by atoms with Crippen LogP contribution in [0.4, 0.5) is 25.8 Å². The molecule has 1 rings (SSSR count). The van der Waals surface area contributed by atoms with Crippen molar-refractivity contribution in [2.24, 2.45) is 5.84 Å². The van der Waals surface area contributed by atoms with Crippen molar-refractivity contribution in [2.75, 3.05) is 17.3 Å². The SMILES string of the molecule is NNc1cc(NCC(F)F)cc([N+](=O)[O-])c1. The second kappa shape index (κ2) is 5.21. The number of nitro groups is 1. The second-order valence-corrected chi connectivity index (χ2v) is 2.94. The first kappa shape index (κ1) is 12.1. The molecule has 1 aromatic carbocycles. The van der Waals surface area contributed by atoms with Crippen LogP contribution >= 0.6 is 0 Å². The third-order valence-electron chi connectivity index (χ3n) is 1.76. The molecule has 0 unspecified atom stereocenters. The van der Waals surface area contributed by atoms with Crippen LogP contribution in [0.3, 0.4) is 0 Å². The fraction of sp³-hybridized carbons (Fsp3) is 0.250. The molecule has 0 aliphatic heterocycles. The summed E-state index contributed by atoms with van der Waals surface area (Å²) in [5, 5.41) is 12.9. The summed E-state index contributed by atoms with van der Waals surface area (Å²) in [5.74, 6) is 5.10. The zero-order valence-electron chi connectivity index (χ0n) is 8.11. The quantitative estimate of drug-likeness (QED) is 0.407. The molecule has 0 aromatic heterocycles. The average Bonchev–Trinajstić information content (AvgIpc) is 2.25. The van der Waals surface area contributed by atoms with Crippen LogP contribution in [0.15, 0.2) is 18.2 Å². The molecule has 0 atom stereocenters. The van der Waals surface area contributed by atoms with Gasteiger partial charge in [0.25, 0.3) is 12.1 Å². The Kier molecular flexibility index (Phi) is 3.95. The molecule has 0 aliphatic rings. The van der Waals surface area contributed by atoms with Crippen LogP contribution in [0.2, 0.25) is 0 Å². The summed E-state index contributed by atoms with van der Waals surface area (Å²) in [6.07, 6.45) is -2.53. The normalized spacial score (nSPS) is 10.2. The fourth-order valence-corrected chi connectivity index (χ4v) is 1.10. The molecule has 0 aliphatic carbocycles. The number of hydrogen-bond acceptors (Lipinski definition) is 5. The number of nitrogen functional groups attached to an aromatic ring is 1. The van der Waals surface area contributed by atoms with Crippen LogP contribution in [0, 0.1) is 10.1 Å². The van der Waals surface area contributed by atoms with Crippen molar-refractivity contribution < 1.29 is 13.7 Å². The zero-order valence-corrected chi connectivity index (χ0v) is 8.11. The number of halogens is 2. The third kappa shape index (κ3) is 3.31. The first-order chi connectivity index (χ1) is 7.52. The Morgan fingerprint density at radius 1 is 1.38 bits per heavy atom. The summed E-state index contributed by atoms with van der Waals surface area (Å²) in [6, 6.07) is 3.76. The summed E-state index contributed by atoms with van der Waals surface area (Å²) in [5.41, 5.74) is 2.47. The van der Waals surface area contributed by atoms with Crippen LogP contribution in [0.1, 0.15) is 0 Å². The number of nitrogens with zero attached hydrogens (tertiary/aromatic N) is 1. The van der Waals surface area contributed by atoms with Gasteiger partial charge in [-0.05, 0) is 6.07 Å². The molecule has 8 heteroatoms. The highest BCUT2D eigenvalue weighted by molar-refractivity contribution is 5.63. The number of hydrogen-bond donors (Lipinski definition) is 3. The molecule has 0 spiro atoms. The monoisotopic (exact) mass is 232 g/mol.